The monoisotopic (exact) mass is 293 g/mol. The fourth-order valence-electron chi connectivity index (χ4n) is 2.52. The fourth-order valence-corrected chi connectivity index (χ4v) is 2.52. The van der Waals surface area contributed by atoms with Crippen molar-refractivity contribution < 1.29 is 9.66 Å². The Morgan fingerprint density at radius 1 is 1.33 bits per heavy atom. The van der Waals surface area contributed by atoms with Crippen LogP contribution >= 0.6 is 0 Å². The van der Waals surface area contributed by atoms with Crippen LogP contribution in [0.3, 0.4) is 0 Å². The average Bonchev–Trinajstić information content (AvgIpc) is 2.45. The van der Waals surface area contributed by atoms with E-state index in [-0.39, 0.29) is 16.1 Å². The molecule has 0 aliphatic carbocycles. The Kier molecular flexibility index (Phi) is 5.01. The molecular formula is C15H23N3O3. The molecule has 0 radical (unpaired) electrons. The van der Waals surface area contributed by atoms with E-state index < -0.39 is 0 Å². The Bertz CT molecular complexity index is 499. The van der Waals surface area contributed by atoms with Crippen LogP contribution in [-0.4, -0.2) is 30.2 Å². The lowest BCUT2D eigenvalue weighted by Gasteiger charge is -2.35. The molecular weight excluding hydrogens is 270 g/mol. The van der Waals surface area contributed by atoms with Gasteiger partial charge >= 0.3 is 5.69 Å². The molecule has 0 unspecified atom stereocenters. The van der Waals surface area contributed by atoms with E-state index in [0.29, 0.717) is 24.6 Å². The maximum Gasteiger partial charge on any atom is 0.315 e. The molecule has 1 heterocycles. The first-order valence-electron chi connectivity index (χ1n) is 7.43. The third kappa shape index (κ3) is 3.85. The highest BCUT2D eigenvalue weighted by molar-refractivity contribution is 5.76. The van der Waals surface area contributed by atoms with Gasteiger partial charge in [-0.1, -0.05) is 13.0 Å². The molecule has 2 N–H and O–H groups in total. The summed E-state index contributed by atoms with van der Waals surface area (Å²) in [6.45, 7) is 6.21. The van der Waals surface area contributed by atoms with Gasteiger partial charge in [-0.2, -0.15) is 0 Å². The number of anilines is 2. The van der Waals surface area contributed by atoms with Gasteiger partial charge in [0.25, 0.3) is 0 Å². The van der Waals surface area contributed by atoms with E-state index in [4.69, 9.17) is 4.74 Å². The maximum atomic E-state index is 11.5. The van der Waals surface area contributed by atoms with Gasteiger partial charge in [0.05, 0.1) is 4.92 Å². The van der Waals surface area contributed by atoms with E-state index in [2.05, 4.69) is 17.6 Å². The van der Waals surface area contributed by atoms with Crippen molar-refractivity contribution in [2.75, 3.05) is 30.4 Å². The van der Waals surface area contributed by atoms with E-state index in [1.807, 2.05) is 13.0 Å². The fraction of sp³-hybridized carbons (Fsp3) is 0.600. The number of para-hydroxylation sites is 1. The number of rotatable bonds is 6. The summed E-state index contributed by atoms with van der Waals surface area (Å²) in [7, 11) is 0. The minimum absolute atomic E-state index is 0.124. The van der Waals surface area contributed by atoms with Crippen LogP contribution in [0.5, 0.6) is 0 Å². The summed E-state index contributed by atoms with van der Waals surface area (Å²) in [5.41, 5.74) is 1.11. The molecule has 1 saturated heterocycles. The summed E-state index contributed by atoms with van der Waals surface area (Å²) in [5, 5.41) is 17.9. The number of ether oxygens (including phenoxy) is 1. The second kappa shape index (κ2) is 6.76. The minimum atomic E-state index is -0.316. The van der Waals surface area contributed by atoms with Gasteiger partial charge in [0.1, 0.15) is 11.4 Å². The second-order valence-electron chi connectivity index (χ2n) is 5.68. The van der Waals surface area contributed by atoms with Crippen LogP contribution < -0.4 is 10.6 Å². The van der Waals surface area contributed by atoms with Crippen molar-refractivity contribution in [3.8, 4) is 0 Å². The van der Waals surface area contributed by atoms with Crippen molar-refractivity contribution in [1.29, 1.82) is 0 Å². The second-order valence-corrected chi connectivity index (χ2v) is 5.68. The molecule has 0 atom stereocenters. The summed E-state index contributed by atoms with van der Waals surface area (Å²) in [6.07, 6.45) is 2.61. The van der Waals surface area contributed by atoms with E-state index >= 15 is 0 Å². The molecule has 116 valence electrons. The van der Waals surface area contributed by atoms with E-state index in [1.165, 1.54) is 0 Å². The zero-order valence-electron chi connectivity index (χ0n) is 12.6. The van der Waals surface area contributed by atoms with Gasteiger partial charge in [0.15, 0.2) is 0 Å². The summed E-state index contributed by atoms with van der Waals surface area (Å²) in [5.74, 6) is 0. The molecule has 1 aromatic carbocycles. The highest BCUT2D eigenvalue weighted by Crippen LogP contribution is 2.36. The highest BCUT2D eigenvalue weighted by atomic mass is 16.6. The van der Waals surface area contributed by atoms with Crippen LogP contribution in [0.1, 0.15) is 33.1 Å². The Balaban J connectivity index is 2.27. The average molecular weight is 293 g/mol. The molecule has 0 bridgehead atoms. The predicted octanol–water partition coefficient (Wildman–Crippen LogP) is 3.40. The van der Waals surface area contributed by atoms with E-state index in [1.54, 1.807) is 12.1 Å². The number of nitrogens with zero attached hydrogens (tertiary/aromatic N) is 1. The van der Waals surface area contributed by atoms with Crippen molar-refractivity contribution in [2.24, 2.45) is 0 Å². The molecule has 6 heteroatoms. The van der Waals surface area contributed by atoms with Gasteiger partial charge in [-0.15, -0.1) is 0 Å². The first-order chi connectivity index (χ1) is 10.1. The Hall–Kier alpha value is -1.82. The van der Waals surface area contributed by atoms with Crippen LogP contribution in [-0.2, 0) is 4.74 Å². The normalized spacial score (nSPS) is 17.2. The molecule has 0 spiro atoms. The summed E-state index contributed by atoms with van der Waals surface area (Å²) in [6, 6.07) is 5.37. The Morgan fingerprint density at radius 2 is 2.00 bits per heavy atom. The molecule has 0 saturated carbocycles. The van der Waals surface area contributed by atoms with E-state index in [9.17, 15) is 10.1 Å². The van der Waals surface area contributed by atoms with Gasteiger partial charge in [-0.25, -0.2) is 0 Å². The van der Waals surface area contributed by atoms with Crippen LogP contribution in [0.15, 0.2) is 18.2 Å². The number of hydrogen-bond donors (Lipinski definition) is 2. The van der Waals surface area contributed by atoms with Crippen molar-refractivity contribution in [1.82, 2.24) is 0 Å². The SMILES string of the molecule is CCCNc1cccc(NC2(C)CCOCC2)c1[N+](=O)[O-]. The lowest BCUT2D eigenvalue weighted by molar-refractivity contribution is -0.383. The van der Waals surface area contributed by atoms with Crippen molar-refractivity contribution in [3.63, 3.8) is 0 Å². The van der Waals surface area contributed by atoms with Crippen molar-refractivity contribution in [3.05, 3.63) is 28.3 Å². The molecule has 1 aromatic rings. The predicted molar refractivity (Wildman–Crippen MR) is 84.0 cm³/mol. The maximum absolute atomic E-state index is 11.5. The summed E-state index contributed by atoms with van der Waals surface area (Å²) >= 11 is 0. The molecule has 6 nitrogen and oxygen atoms in total. The smallest absolute Gasteiger partial charge is 0.315 e. The van der Waals surface area contributed by atoms with E-state index in [0.717, 1.165) is 25.8 Å². The van der Waals surface area contributed by atoms with Gasteiger partial charge < -0.3 is 15.4 Å². The lowest BCUT2D eigenvalue weighted by Crippen LogP contribution is -2.40. The molecule has 0 aromatic heterocycles. The van der Waals surface area contributed by atoms with Crippen LogP contribution in [0.25, 0.3) is 0 Å². The minimum Gasteiger partial charge on any atom is -0.381 e. The van der Waals surface area contributed by atoms with Crippen molar-refractivity contribution in [2.45, 2.75) is 38.6 Å². The third-order valence-electron chi connectivity index (χ3n) is 3.82. The number of nitro groups is 1. The molecule has 21 heavy (non-hydrogen) atoms. The standard InChI is InChI=1S/C15H23N3O3/c1-3-9-16-12-5-4-6-13(14(12)18(19)20)17-15(2)7-10-21-11-8-15/h4-6,16-17H,3,7-11H2,1-2H3. The number of nitrogens with one attached hydrogen (secondary N) is 2. The molecule has 1 aliphatic rings. The third-order valence-corrected chi connectivity index (χ3v) is 3.82. The van der Waals surface area contributed by atoms with Gasteiger partial charge in [-0.05, 0) is 38.3 Å². The van der Waals surface area contributed by atoms with Gasteiger partial charge in [0, 0.05) is 25.3 Å². The molecule has 0 amide bonds. The van der Waals surface area contributed by atoms with Crippen LogP contribution in [0.2, 0.25) is 0 Å². The summed E-state index contributed by atoms with van der Waals surface area (Å²) in [4.78, 5) is 11.1. The number of nitro benzene ring substituents is 1. The zero-order chi connectivity index (χ0) is 15.3. The first-order valence-corrected chi connectivity index (χ1v) is 7.43. The number of hydrogen-bond acceptors (Lipinski definition) is 5. The topological polar surface area (TPSA) is 76.4 Å². The lowest BCUT2D eigenvalue weighted by atomic mass is 9.92. The number of benzene rings is 1. The largest absolute Gasteiger partial charge is 0.381 e. The van der Waals surface area contributed by atoms with Gasteiger partial charge in [-0.3, -0.25) is 10.1 Å². The Labute approximate surface area is 125 Å². The van der Waals surface area contributed by atoms with Crippen LogP contribution in [0, 0.1) is 10.1 Å². The molecule has 1 aliphatic heterocycles. The molecule has 2 rings (SSSR count). The van der Waals surface area contributed by atoms with Crippen LogP contribution in [0.4, 0.5) is 17.1 Å². The summed E-state index contributed by atoms with van der Waals surface area (Å²) < 4.78 is 5.37. The van der Waals surface area contributed by atoms with Crippen molar-refractivity contribution >= 4 is 17.1 Å². The van der Waals surface area contributed by atoms with Gasteiger partial charge in [0.2, 0.25) is 0 Å². The highest BCUT2D eigenvalue weighted by Gasteiger charge is 2.30. The zero-order valence-corrected chi connectivity index (χ0v) is 12.6. The Morgan fingerprint density at radius 3 is 2.62 bits per heavy atom. The molecule has 1 fully saturated rings. The quantitative estimate of drug-likeness (QED) is 0.621. The first kappa shape index (κ1) is 15.6.